The molecule has 1 heterocycles. The zero-order chi connectivity index (χ0) is 14.4. The third-order valence-electron chi connectivity index (χ3n) is 2.98. The number of carbonyl (C=O) groups excluding carboxylic acids is 1. The first-order valence-electron chi connectivity index (χ1n) is 6.28. The van der Waals surface area contributed by atoms with Crippen molar-refractivity contribution in [2.75, 3.05) is 12.4 Å². The molecule has 1 aromatic carbocycles. The van der Waals surface area contributed by atoms with E-state index >= 15 is 0 Å². The summed E-state index contributed by atoms with van der Waals surface area (Å²) in [5.74, 6) is 0.270. The number of hydrogen-bond acceptors (Lipinski definition) is 4. The Labute approximate surface area is 127 Å². The Morgan fingerprint density at radius 3 is 2.65 bits per heavy atom. The van der Waals surface area contributed by atoms with Crippen molar-refractivity contribution in [3.05, 3.63) is 53.4 Å². The summed E-state index contributed by atoms with van der Waals surface area (Å²) in [6.07, 6.45) is 0. The third kappa shape index (κ3) is 3.85. The van der Waals surface area contributed by atoms with Gasteiger partial charge in [0.15, 0.2) is 0 Å². The van der Waals surface area contributed by atoms with Crippen molar-refractivity contribution in [1.29, 1.82) is 0 Å². The normalized spacial score (nSPS) is 13.7. The molecule has 0 radical (unpaired) electrons. The molecule has 0 bridgehead atoms. The van der Waals surface area contributed by atoms with Crippen molar-refractivity contribution in [3.8, 4) is 0 Å². The highest BCUT2D eigenvalue weighted by molar-refractivity contribution is 8.01. The van der Waals surface area contributed by atoms with Gasteiger partial charge < -0.3 is 10.4 Å². The summed E-state index contributed by atoms with van der Waals surface area (Å²) in [5.41, 5.74) is 0.158. The second kappa shape index (κ2) is 6.92. The lowest BCUT2D eigenvalue weighted by Crippen LogP contribution is -2.47. The van der Waals surface area contributed by atoms with Gasteiger partial charge in [-0.1, -0.05) is 36.4 Å². The number of benzene rings is 1. The zero-order valence-electron chi connectivity index (χ0n) is 11.2. The van der Waals surface area contributed by atoms with Gasteiger partial charge in [0.2, 0.25) is 5.91 Å². The van der Waals surface area contributed by atoms with Gasteiger partial charge >= 0.3 is 0 Å². The monoisotopic (exact) mass is 307 g/mol. The Morgan fingerprint density at radius 2 is 2.05 bits per heavy atom. The Hall–Kier alpha value is -1.30. The van der Waals surface area contributed by atoms with Crippen LogP contribution in [0.4, 0.5) is 0 Å². The van der Waals surface area contributed by atoms with Crippen LogP contribution in [0.25, 0.3) is 0 Å². The van der Waals surface area contributed by atoms with E-state index in [1.54, 1.807) is 11.3 Å². The van der Waals surface area contributed by atoms with Crippen LogP contribution in [0.3, 0.4) is 0 Å². The molecular formula is C15H17NO2S2. The van der Waals surface area contributed by atoms with E-state index in [1.165, 1.54) is 11.8 Å². The first-order chi connectivity index (χ1) is 9.64. The van der Waals surface area contributed by atoms with Crippen LogP contribution in [-0.4, -0.2) is 23.4 Å². The Balaban J connectivity index is 1.97. The molecule has 0 aliphatic rings. The average molecular weight is 307 g/mol. The molecule has 0 saturated heterocycles. The molecule has 1 aromatic heterocycles. The number of thioether (sulfide) groups is 1. The van der Waals surface area contributed by atoms with Gasteiger partial charge in [0.05, 0.1) is 22.1 Å². The Bertz CT molecular complexity index is 542. The molecule has 0 spiro atoms. The van der Waals surface area contributed by atoms with Crippen LogP contribution in [0.2, 0.25) is 0 Å². The Kier molecular flexibility index (Phi) is 5.23. The second-order valence-corrected chi connectivity index (χ2v) is 6.85. The van der Waals surface area contributed by atoms with E-state index in [0.29, 0.717) is 5.75 Å². The van der Waals surface area contributed by atoms with Crippen molar-refractivity contribution in [2.45, 2.75) is 16.7 Å². The minimum Gasteiger partial charge on any atom is -0.394 e. The first kappa shape index (κ1) is 15.1. The van der Waals surface area contributed by atoms with Crippen LogP contribution in [0.1, 0.15) is 12.5 Å². The molecule has 0 fully saturated rings. The fourth-order valence-corrected chi connectivity index (χ4v) is 3.42. The molecule has 0 aliphatic carbocycles. The minimum absolute atomic E-state index is 0.0798. The number of aliphatic hydroxyl groups is 1. The smallest absolute Gasteiger partial charge is 0.231 e. The standard InChI is InChI=1S/C15H17NO2S2/c1-15(11-17,12-6-3-2-4-7-12)16-13(18)10-20-14-8-5-9-19-14/h2-9,17H,10-11H2,1H3,(H,16,18). The molecule has 2 aromatic rings. The summed E-state index contributed by atoms with van der Waals surface area (Å²) >= 11 is 3.13. The third-order valence-corrected chi connectivity index (χ3v) is 5.11. The average Bonchev–Trinajstić information content (AvgIpc) is 2.99. The predicted octanol–water partition coefficient (Wildman–Crippen LogP) is 2.86. The zero-order valence-corrected chi connectivity index (χ0v) is 12.8. The molecule has 1 amide bonds. The Morgan fingerprint density at radius 1 is 1.30 bits per heavy atom. The molecule has 0 saturated carbocycles. The molecule has 0 aliphatic heterocycles. The van der Waals surface area contributed by atoms with Gasteiger partial charge in [-0.15, -0.1) is 23.1 Å². The van der Waals surface area contributed by atoms with Crippen LogP contribution < -0.4 is 5.32 Å². The molecule has 1 atom stereocenters. The van der Waals surface area contributed by atoms with Crippen molar-refractivity contribution in [1.82, 2.24) is 5.32 Å². The number of hydrogen-bond donors (Lipinski definition) is 2. The topological polar surface area (TPSA) is 49.3 Å². The number of thiophene rings is 1. The van der Waals surface area contributed by atoms with E-state index in [2.05, 4.69) is 5.32 Å². The van der Waals surface area contributed by atoms with Crippen LogP contribution in [-0.2, 0) is 10.3 Å². The highest BCUT2D eigenvalue weighted by atomic mass is 32.2. The fraction of sp³-hybridized carbons (Fsp3) is 0.267. The molecule has 2 rings (SSSR count). The number of aliphatic hydroxyl groups excluding tert-OH is 1. The number of carbonyl (C=O) groups is 1. The SMILES string of the molecule is CC(CO)(NC(=O)CSc1cccs1)c1ccccc1. The summed E-state index contributed by atoms with van der Waals surface area (Å²) in [4.78, 5) is 12.0. The lowest BCUT2D eigenvalue weighted by Gasteiger charge is -2.29. The summed E-state index contributed by atoms with van der Waals surface area (Å²) in [5, 5.41) is 14.5. The molecule has 20 heavy (non-hydrogen) atoms. The van der Waals surface area contributed by atoms with Crippen molar-refractivity contribution < 1.29 is 9.90 Å². The minimum atomic E-state index is -0.742. The van der Waals surface area contributed by atoms with Gasteiger partial charge in [0, 0.05) is 0 Å². The highest BCUT2D eigenvalue weighted by Gasteiger charge is 2.27. The molecule has 2 N–H and O–H groups in total. The number of nitrogens with one attached hydrogen (secondary N) is 1. The van der Waals surface area contributed by atoms with E-state index in [4.69, 9.17) is 0 Å². The van der Waals surface area contributed by atoms with Crippen LogP contribution in [0.5, 0.6) is 0 Å². The predicted molar refractivity (Wildman–Crippen MR) is 84.1 cm³/mol. The summed E-state index contributed by atoms with van der Waals surface area (Å²) in [6, 6.07) is 13.5. The van der Waals surface area contributed by atoms with E-state index in [1.807, 2.05) is 54.8 Å². The van der Waals surface area contributed by atoms with E-state index < -0.39 is 5.54 Å². The van der Waals surface area contributed by atoms with E-state index in [9.17, 15) is 9.90 Å². The van der Waals surface area contributed by atoms with Gasteiger partial charge in [-0.3, -0.25) is 4.79 Å². The fourth-order valence-electron chi connectivity index (χ4n) is 1.84. The summed E-state index contributed by atoms with van der Waals surface area (Å²) < 4.78 is 1.12. The molecule has 5 heteroatoms. The summed E-state index contributed by atoms with van der Waals surface area (Å²) in [6.45, 7) is 1.70. The van der Waals surface area contributed by atoms with E-state index in [0.717, 1.165) is 9.77 Å². The molecule has 3 nitrogen and oxygen atoms in total. The van der Waals surface area contributed by atoms with Crippen molar-refractivity contribution in [2.24, 2.45) is 0 Å². The van der Waals surface area contributed by atoms with Gasteiger partial charge in [-0.05, 0) is 23.9 Å². The lowest BCUT2D eigenvalue weighted by molar-refractivity contribution is -0.121. The van der Waals surface area contributed by atoms with Gasteiger partial charge in [0.25, 0.3) is 0 Å². The first-order valence-corrected chi connectivity index (χ1v) is 8.14. The van der Waals surface area contributed by atoms with Crippen molar-refractivity contribution >= 4 is 29.0 Å². The van der Waals surface area contributed by atoms with Gasteiger partial charge in [-0.2, -0.15) is 0 Å². The largest absolute Gasteiger partial charge is 0.394 e. The maximum absolute atomic E-state index is 12.0. The van der Waals surface area contributed by atoms with E-state index in [-0.39, 0.29) is 12.5 Å². The second-order valence-electron chi connectivity index (χ2n) is 4.63. The quantitative estimate of drug-likeness (QED) is 0.807. The van der Waals surface area contributed by atoms with Gasteiger partial charge in [0.1, 0.15) is 0 Å². The lowest BCUT2D eigenvalue weighted by atomic mass is 9.93. The van der Waals surface area contributed by atoms with Crippen LogP contribution in [0.15, 0.2) is 52.1 Å². The molecule has 1 unspecified atom stereocenters. The van der Waals surface area contributed by atoms with Crippen LogP contribution in [0, 0.1) is 0 Å². The summed E-state index contributed by atoms with van der Waals surface area (Å²) in [7, 11) is 0. The molecule has 106 valence electrons. The van der Waals surface area contributed by atoms with Crippen LogP contribution >= 0.6 is 23.1 Å². The maximum atomic E-state index is 12.0. The number of amides is 1. The van der Waals surface area contributed by atoms with Crippen molar-refractivity contribution in [3.63, 3.8) is 0 Å². The highest BCUT2D eigenvalue weighted by Crippen LogP contribution is 2.24. The number of rotatable bonds is 6. The molecular weight excluding hydrogens is 290 g/mol. The van der Waals surface area contributed by atoms with Gasteiger partial charge in [-0.25, -0.2) is 0 Å². The maximum Gasteiger partial charge on any atom is 0.231 e.